The highest BCUT2D eigenvalue weighted by Crippen LogP contribution is 2.30. The molecule has 16 heavy (non-hydrogen) atoms. The molecule has 2 nitrogen and oxygen atoms in total. The van der Waals surface area contributed by atoms with Gasteiger partial charge in [-0.1, -0.05) is 12.2 Å². The molecule has 0 spiro atoms. The van der Waals surface area contributed by atoms with Crippen molar-refractivity contribution >= 4 is 22.9 Å². The van der Waals surface area contributed by atoms with Gasteiger partial charge in [0.15, 0.2) is 0 Å². The van der Waals surface area contributed by atoms with Gasteiger partial charge in [-0.15, -0.1) is 0 Å². The zero-order chi connectivity index (χ0) is 11.7. The van der Waals surface area contributed by atoms with Crippen LogP contribution in [-0.4, -0.2) is 18.1 Å². The fourth-order valence-electron chi connectivity index (χ4n) is 1.98. The Balaban J connectivity index is 2.34. The molecule has 1 aliphatic rings. The SMILES string of the molecule is CN(c1ccc(F)cc1C(N)=S)C1CCC1. The van der Waals surface area contributed by atoms with Crippen molar-refractivity contribution in [2.75, 3.05) is 11.9 Å². The number of benzene rings is 1. The van der Waals surface area contributed by atoms with Crippen LogP contribution in [0.4, 0.5) is 10.1 Å². The van der Waals surface area contributed by atoms with Crippen molar-refractivity contribution in [1.82, 2.24) is 0 Å². The molecule has 0 amide bonds. The quantitative estimate of drug-likeness (QED) is 0.820. The maximum Gasteiger partial charge on any atom is 0.124 e. The summed E-state index contributed by atoms with van der Waals surface area (Å²) in [6.07, 6.45) is 3.63. The Labute approximate surface area is 100 Å². The molecule has 0 atom stereocenters. The van der Waals surface area contributed by atoms with Crippen LogP contribution in [0.15, 0.2) is 18.2 Å². The van der Waals surface area contributed by atoms with E-state index in [0.717, 1.165) is 5.69 Å². The number of nitrogens with zero attached hydrogens (tertiary/aromatic N) is 1. The number of rotatable bonds is 3. The summed E-state index contributed by atoms with van der Waals surface area (Å²) in [5, 5.41) is 0. The summed E-state index contributed by atoms with van der Waals surface area (Å²) in [5.41, 5.74) is 7.18. The second-order valence-corrected chi connectivity index (χ2v) is 4.66. The molecule has 2 rings (SSSR count). The fourth-order valence-corrected chi connectivity index (χ4v) is 2.15. The van der Waals surface area contributed by atoms with E-state index in [9.17, 15) is 4.39 Å². The predicted octanol–water partition coefficient (Wildman–Crippen LogP) is 2.45. The lowest BCUT2D eigenvalue weighted by atomic mass is 9.91. The Morgan fingerprint density at radius 3 is 2.69 bits per heavy atom. The first-order chi connectivity index (χ1) is 7.59. The van der Waals surface area contributed by atoms with Crippen molar-refractivity contribution in [2.24, 2.45) is 5.73 Å². The van der Waals surface area contributed by atoms with Crippen LogP contribution in [0.1, 0.15) is 24.8 Å². The van der Waals surface area contributed by atoms with E-state index in [1.54, 1.807) is 6.07 Å². The lowest BCUT2D eigenvalue weighted by molar-refractivity contribution is 0.401. The van der Waals surface area contributed by atoms with Crippen molar-refractivity contribution in [3.05, 3.63) is 29.6 Å². The van der Waals surface area contributed by atoms with Gasteiger partial charge in [-0.05, 0) is 37.5 Å². The smallest absolute Gasteiger partial charge is 0.124 e. The normalized spacial score (nSPS) is 15.6. The third-order valence-electron chi connectivity index (χ3n) is 3.23. The molecule has 0 aromatic heterocycles. The summed E-state index contributed by atoms with van der Waals surface area (Å²) in [7, 11) is 2.01. The Kier molecular flexibility index (Phi) is 3.10. The van der Waals surface area contributed by atoms with Gasteiger partial charge < -0.3 is 10.6 Å². The number of thiocarbonyl (C=S) groups is 1. The standard InChI is InChI=1S/C12H15FN2S/c1-15(9-3-2-4-9)11-6-5-8(13)7-10(11)12(14)16/h5-7,9H,2-4H2,1H3,(H2,14,16). The molecule has 0 aliphatic heterocycles. The second-order valence-electron chi connectivity index (χ2n) is 4.22. The van der Waals surface area contributed by atoms with Crippen LogP contribution in [-0.2, 0) is 0 Å². The first-order valence-corrected chi connectivity index (χ1v) is 5.82. The lowest BCUT2D eigenvalue weighted by Crippen LogP contribution is -2.38. The molecule has 0 heterocycles. The van der Waals surface area contributed by atoms with Crippen LogP contribution in [0.3, 0.4) is 0 Å². The molecule has 1 fully saturated rings. The van der Waals surface area contributed by atoms with E-state index in [4.69, 9.17) is 18.0 Å². The van der Waals surface area contributed by atoms with E-state index in [1.807, 2.05) is 7.05 Å². The van der Waals surface area contributed by atoms with Gasteiger partial charge in [0.2, 0.25) is 0 Å². The van der Waals surface area contributed by atoms with Crippen LogP contribution >= 0.6 is 12.2 Å². The van der Waals surface area contributed by atoms with E-state index in [1.165, 1.54) is 31.4 Å². The van der Waals surface area contributed by atoms with Gasteiger partial charge in [0.05, 0.1) is 0 Å². The van der Waals surface area contributed by atoms with Crippen LogP contribution in [0.5, 0.6) is 0 Å². The molecule has 0 unspecified atom stereocenters. The molecular weight excluding hydrogens is 223 g/mol. The van der Waals surface area contributed by atoms with Crippen molar-refractivity contribution in [1.29, 1.82) is 0 Å². The van der Waals surface area contributed by atoms with Crippen molar-refractivity contribution in [3.63, 3.8) is 0 Å². The van der Waals surface area contributed by atoms with Gasteiger partial charge >= 0.3 is 0 Å². The number of nitrogens with two attached hydrogens (primary N) is 1. The van der Waals surface area contributed by atoms with E-state index >= 15 is 0 Å². The molecule has 1 saturated carbocycles. The summed E-state index contributed by atoms with van der Waals surface area (Å²) < 4.78 is 13.1. The molecule has 1 aromatic carbocycles. The molecule has 1 aliphatic carbocycles. The number of hydrogen-bond acceptors (Lipinski definition) is 2. The first kappa shape index (κ1) is 11.3. The minimum Gasteiger partial charge on any atom is -0.389 e. The highest BCUT2D eigenvalue weighted by Gasteiger charge is 2.24. The lowest BCUT2D eigenvalue weighted by Gasteiger charge is -2.37. The number of anilines is 1. The van der Waals surface area contributed by atoms with Gasteiger partial charge in [-0.2, -0.15) is 0 Å². The first-order valence-electron chi connectivity index (χ1n) is 5.42. The van der Waals surface area contributed by atoms with Crippen LogP contribution in [0.25, 0.3) is 0 Å². The minimum atomic E-state index is -0.298. The van der Waals surface area contributed by atoms with Gasteiger partial charge in [-0.3, -0.25) is 0 Å². The average molecular weight is 238 g/mol. The zero-order valence-corrected chi connectivity index (χ0v) is 10.1. The molecule has 0 radical (unpaired) electrons. The summed E-state index contributed by atoms with van der Waals surface area (Å²) >= 11 is 4.95. The van der Waals surface area contributed by atoms with Crippen molar-refractivity contribution < 1.29 is 4.39 Å². The molecule has 0 bridgehead atoms. The molecule has 1 aromatic rings. The van der Waals surface area contributed by atoms with Gasteiger partial charge in [0, 0.05) is 24.3 Å². The van der Waals surface area contributed by atoms with Gasteiger partial charge in [0.1, 0.15) is 10.8 Å². The van der Waals surface area contributed by atoms with Gasteiger partial charge in [-0.25, -0.2) is 4.39 Å². The highest BCUT2D eigenvalue weighted by atomic mass is 32.1. The minimum absolute atomic E-state index is 0.251. The topological polar surface area (TPSA) is 29.3 Å². The highest BCUT2D eigenvalue weighted by molar-refractivity contribution is 7.80. The van der Waals surface area contributed by atoms with Crippen LogP contribution < -0.4 is 10.6 Å². The Bertz CT molecular complexity index is 415. The molecule has 4 heteroatoms. The molecular formula is C12H15FN2S. The zero-order valence-electron chi connectivity index (χ0n) is 9.24. The third kappa shape index (κ3) is 2.02. The summed E-state index contributed by atoms with van der Waals surface area (Å²) in [5.74, 6) is -0.298. The van der Waals surface area contributed by atoms with Crippen molar-refractivity contribution in [2.45, 2.75) is 25.3 Å². The van der Waals surface area contributed by atoms with E-state index in [0.29, 0.717) is 11.6 Å². The average Bonchev–Trinajstić information content (AvgIpc) is 2.14. The number of halogens is 1. The number of hydrogen-bond donors (Lipinski definition) is 1. The molecule has 86 valence electrons. The van der Waals surface area contributed by atoms with E-state index < -0.39 is 0 Å². The Morgan fingerprint density at radius 1 is 1.50 bits per heavy atom. The third-order valence-corrected chi connectivity index (χ3v) is 3.45. The van der Waals surface area contributed by atoms with E-state index in [-0.39, 0.29) is 10.8 Å². The molecule has 2 N–H and O–H groups in total. The maximum absolute atomic E-state index is 13.1. The monoisotopic (exact) mass is 238 g/mol. The Hall–Kier alpha value is -1.16. The van der Waals surface area contributed by atoms with Crippen LogP contribution in [0.2, 0.25) is 0 Å². The predicted molar refractivity (Wildman–Crippen MR) is 68.3 cm³/mol. The van der Waals surface area contributed by atoms with Gasteiger partial charge in [0.25, 0.3) is 0 Å². The van der Waals surface area contributed by atoms with E-state index in [2.05, 4.69) is 4.90 Å². The maximum atomic E-state index is 13.1. The summed E-state index contributed by atoms with van der Waals surface area (Å²) in [4.78, 5) is 2.40. The summed E-state index contributed by atoms with van der Waals surface area (Å²) in [6.45, 7) is 0. The Morgan fingerprint density at radius 2 is 2.19 bits per heavy atom. The molecule has 0 saturated heterocycles. The van der Waals surface area contributed by atoms with Crippen LogP contribution in [0, 0.1) is 5.82 Å². The fraction of sp³-hybridized carbons (Fsp3) is 0.417. The van der Waals surface area contributed by atoms with Crippen molar-refractivity contribution in [3.8, 4) is 0 Å². The summed E-state index contributed by atoms with van der Waals surface area (Å²) in [6, 6.07) is 5.15. The second kappa shape index (κ2) is 4.37. The largest absolute Gasteiger partial charge is 0.389 e.